The van der Waals surface area contributed by atoms with Gasteiger partial charge in [-0.25, -0.2) is 0 Å². The van der Waals surface area contributed by atoms with Crippen molar-refractivity contribution in [3.63, 3.8) is 0 Å². The first-order valence-electron chi connectivity index (χ1n) is 6.11. The van der Waals surface area contributed by atoms with E-state index in [2.05, 4.69) is 9.47 Å². The van der Waals surface area contributed by atoms with Crippen LogP contribution in [0.5, 0.6) is 0 Å². The van der Waals surface area contributed by atoms with Gasteiger partial charge in [0.2, 0.25) is 0 Å². The number of anilines is 2. The van der Waals surface area contributed by atoms with Crippen LogP contribution in [0.4, 0.5) is 11.4 Å². The zero-order valence-electron chi connectivity index (χ0n) is 11.2. The minimum Gasteiger partial charge on any atom is -0.398 e. The van der Waals surface area contributed by atoms with Gasteiger partial charge in [-0.2, -0.15) is 0 Å². The van der Waals surface area contributed by atoms with Crippen molar-refractivity contribution in [2.75, 3.05) is 11.5 Å². The van der Waals surface area contributed by atoms with Crippen molar-refractivity contribution in [3.05, 3.63) is 58.7 Å². The molecule has 0 heterocycles. The zero-order chi connectivity index (χ0) is 14.0. The van der Waals surface area contributed by atoms with Crippen LogP contribution in [0.15, 0.2) is 36.4 Å². The Hall–Kier alpha value is -1.57. The van der Waals surface area contributed by atoms with Gasteiger partial charge in [-0.05, 0) is 25.0 Å². The fourth-order valence-corrected chi connectivity index (χ4v) is 2.47. The second kappa shape index (κ2) is 5.60. The van der Waals surface area contributed by atoms with Crippen LogP contribution in [0.3, 0.4) is 0 Å². The van der Waals surface area contributed by atoms with E-state index in [0.29, 0.717) is 0 Å². The van der Waals surface area contributed by atoms with Gasteiger partial charge in [0, 0.05) is 32.0 Å². The SMILES string of the molecule is Cc1cccc(C(OP)c2cccc(C)c2N)c1N. The summed E-state index contributed by atoms with van der Waals surface area (Å²) < 4.78 is 5.55. The molecule has 100 valence electrons. The molecule has 0 bridgehead atoms. The molecule has 4 N–H and O–H groups in total. The smallest absolute Gasteiger partial charge is 0.115 e. The topological polar surface area (TPSA) is 61.3 Å². The van der Waals surface area contributed by atoms with E-state index in [1.165, 1.54) is 0 Å². The molecule has 0 spiro atoms. The summed E-state index contributed by atoms with van der Waals surface area (Å²) in [7, 11) is 2.31. The Labute approximate surface area is 116 Å². The Balaban J connectivity index is 2.57. The molecule has 0 aromatic heterocycles. The predicted molar refractivity (Wildman–Crippen MR) is 83.8 cm³/mol. The summed E-state index contributed by atoms with van der Waals surface area (Å²) in [4.78, 5) is 0. The average Bonchev–Trinajstić information content (AvgIpc) is 2.40. The van der Waals surface area contributed by atoms with Gasteiger partial charge in [0.15, 0.2) is 0 Å². The molecule has 0 amide bonds. The van der Waals surface area contributed by atoms with Crippen LogP contribution < -0.4 is 11.5 Å². The molecule has 2 aromatic rings. The number of aryl methyl sites for hydroxylation is 2. The van der Waals surface area contributed by atoms with Crippen molar-refractivity contribution in [3.8, 4) is 0 Å². The number of hydrogen-bond acceptors (Lipinski definition) is 3. The van der Waals surface area contributed by atoms with E-state index in [4.69, 9.17) is 16.0 Å². The summed E-state index contributed by atoms with van der Waals surface area (Å²) in [6.45, 7) is 3.97. The molecular weight excluding hydrogens is 255 g/mol. The number of benzene rings is 2. The van der Waals surface area contributed by atoms with Gasteiger partial charge in [0.05, 0.1) is 0 Å². The third-order valence-electron chi connectivity index (χ3n) is 3.42. The average molecular weight is 274 g/mol. The summed E-state index contributed by atoms with van der Waals surface area (Å²) in [5, 5.41) is 0. The molecule has 0 fully saturated rings. The normalized spacial score (nSPS) is 10.9. The highest BCUT2D eigenvalue weighted by atomic mass is 31.0. The molecule has 3 nitrogen and oxygen atoms in total. The first-order valence-corrected chi connectivity index (χ1v) is 6.59. The molecule has 4 heteroatoms. The molecule has 1 unspecified atom stereocenters. The van der Waals surface area contributed by atoms with Crippen molar-refractivity contribution >= 4 is 20.8 Å². The summed E-state index contributed by atoms with van der Waals surface area (Å²) in [5.41, 5.74) is 17.8. The first kappa shape index (κ1) is 13.9. The Morgan fingerprint density at radius 3 is 1.68 bits per heavy atom. The van der Waals surface area contributed by atoms with Crippen LogP contribution in [0.1, 0.15) is 28.4 Å². The summed E-state index contributed by atoms with van der Waals surface area (Å²) in [5.74, 6) is 0. The summed E-state index contributed by atoms with van der Waals surface area (Å²) >= 11 is 0. The van der Waals surface area contributed by atoms with E-state index in [9.17, 15) is 0 Å². The number of hydrogen-bond donors (Lipinski definition) is 2. The second-order valence-corrected chi connectivity index (χ2v) is 4.94. The Morgan fingerprint density at radius 2 is 1.32 bits per heavy atom. The molecule has 1 atom stereocenters. The van der Waals surface area contributed by atoms with Crippen molar-refractivity contribution in [2.24, 2.45) is 0 Å². The number of nitrogens with two attached hydrogens (primary N) is 2. The van der Waals surface area contributed by atoms with Crippen LogP contribution in [0.2, 0.25) is 0 Å². The van der Waals surface area contributed by atoms with Crippen molar-refractivity contribution in [1.29, 1.82) is 0 Å². The molecule has 0 aliphatic rings. The van der Waals surface area contributed by atoms with Crippen LogP contribution in [-0.4, -0.2) is 0 Å². The van der Waals surface area contributed by atoms with Crippen LogP contribution in [0.25, 0.3) is 0 Å². The Kier molecular flexibility index (Phi) is 4.08. The second-order valence-electron chi connectivity index (χ2n) is 4.67. The number of rotatable bonds is 3. The lowest BCUT2D eigenvalue weighted by molar-refractivity contribution is 0.295. The maximum atomic E-state index is 6.15. The fraction of sp³-hybridized carbons (Fsp3) is 0.200. The lowest BCUT2D eigenvalue weighted by atomic mass is 9.95. The lowest BCUT2D eigenvalue weighted by Crippen LogP contribution is -2.09. The lowest BCUT2D eigenvalue weighted by Gasteiger charge is -2.21. The quantitative estimate of drug-likeness (QED) is 0.666. The maximum Gasteiger partial charge on any atom is 0.115 e. The van der Waals surface area contributed by atoms with Crippen LogP contribution >= 0.6 is 9.47 Å². The van der Waals surface area contributed by atoms with Crippen LogP contribution in [0, 0.1) is 13.8 Å². The predicted octanol–water partition coefficient (Wildman–Crippen LogP) is 3.36. The highest BCUT2D eigenvalue weighted by molar-refractivity contribution is 7.09. The number of nitrogen functional groups attached to an aromatic ring is 2. The molecular formula is C15H19N2OP. The molecule has 0 aliphatic heterocycles. The molecule has 2 aromatic carbocycles. The van der Waals surface area contributed by atoms with Gasteiger partial charge >= 0.3 is 0 Å². The van der Waals surface area contributed by atoms with Crippen molar-refractivity contribution in [2.45, 2.75) is 20.0 Å². The van der Waals surface area contributed by atoms with E-state index in [1.807, 2.05) is 50.2 Å². The van der Waals surface area contributed by atoms with E-state index < -0.39 is 0 Å². The van der Waals surface area contributed by atoms with Gasteiger partial charge in [0.1, 0.15) is 6.10 Å². The highest BCUT2D eigenvalue weighted by Gasteiger charge is 2.19. The molecule has 0 radical (unpaired) electrons. The molecule has 0 saturated heterocycles. The number of para-hydroxylation sites is 2. The fourth-order valence-electron chi connectivity index (χ4n) is 2.18. The highest BCUT2D eigenvalue weighted by Crippen LogP contribution is 2.36. The minimum absolute atomic E-state index is 0.273. The third kappa shape index (κ3) is 2.58. The van der Waals surface area contributed by atoms with E-state index in [0.717, 1.165) is 33.6 Å². The van der Waals surface area contributed by atoms with Gasteiger partial charge in [0.25, 0.3) is 0 Å². The van der Waals surface area contributed by atoms with E-state index in [1.54, 1.807) is 0 Å². The molecule has 0 aliphatic carbocycles. The van der Waals surface area contributed by atoms with Crippen molar-refractivity contribution in [1.82, 2.24) is 0 Å². The van der Waals surface area contributed by atoms with E-state index >= 15 is 0 Å². The molecule has 2 rings (SSSR count). The Bertz CT molecular complexity index is 547. The standard InChI is InChI=1S/C15H19N2OP/c1-9-5-3-7-11(13(9)16)15(18-19)12-8-4-6-10(2)14(12)17/h3-8,15H,16-17,19H2,1-2H3. The van der Waals surface area contributed by atoms with Gasteiger partial charge in [-0.15, -0.1) is 0 Å². The summed E-state index contributed by atoms with van der Waals surface area (Å²) in [6, 6.07) is 11.9. The maximum absolute atomic E-state index is 6.15. The first-order chi connectivity index (χ1) is 9.06. The van der Waals surface area contributed by atoms with Gasteiger partial charge < -0.3 is 16.0 Å². The van der Waals surface area contributed by atoms with Gasteiger partial charge in [-0.3, -0.25) is 0 Å². The Morgan fingerprint density at radius 1 is 0.895 bits per heavy atom. The minimum atomic E-state index is -0.273. The largest absolute Gasteiger partial charge is 0.398 e. The van der Waals surface area contributed by atoms with Crippen LogP contribution in [-0.2, 0) is 4.52 Å². The van der Waals surface area contributed by atoms with Gasteiger partial charge in [-0.1, -0.05) is 36.4 Å². The van der Waals surface area contributed by atoms with Crippen molar-refractivity contribution < 1.29 is 4.52 Å². The monoisotopic (exact) mass is 274 g/mol. The van der Waals surface area contributed by atoms with E-state index in [-0.39, 0.29) is 6.10 Å². The zero-order valence-corrected chi connectivity index (χ0v) is 12.3. The molecule has 19 heavy (non-hydrogen) atoms. The third-order valence-corrected chi connectivity index (χ3v) is 3.69. The molecule has 0 saturated carbocycles. The summed E-state index contributed by atoms with van der Waals surface area (Å²) in [6.07, 6.45) is -0.273.